The number of anilines is 1. The second-order valence-corrected chi connectivity index (χ2v) is 5.37. The van der Waals surface area contributed by atoms with Crippen LogP contribution < -0.4 is 15.8 Å². The van der Waals surface area contributed by atoms with Gasteiger partial charge in [0.05, 0.1) is 30.6 Å². The number of methoxy groups -OCH3 is 1. The molecule has 1 aliphatic rings. The van der Waals surface area contributed by atoms with E-state index in [0.717, 1.165) is 31.6 Å². The van der Waals surface area contributed by atoms with E-state index in [4.69, 9.17) is 4.74 Å². The fourth-order valence-corrected chi connectivity index (χ4v) is 2.58. The standard InChI is InChI=1S/C14H24N4O3/c1-15-9-12(19)10-18-14(20)7-11(8-16-18)17-5-3-13(21-2)4-6-17/h7-8,12-13,15,19H,3-6,9-10H2,1-2H3. The summed E-state index contributed by atoms with van der Waals surface area (Å²) in [7, 11) is 3.49. The van der Waals surface area contributed by atoms with Gasteiger partial charge in [0.1, 0.15) is 0 Å². The molecule has 2 heterocycles. The first kappa shape index (κ1) is 15.9. The lowest BCUT2D eigenvalue weighted by Gasteiger charge is -2.32. The number of aromatic nitrogens is 2. The zero-order valence-electron chi connectivity index (χ0n) is 12.7. The van der Waals surface area contributed by atoms with Gasteiger partial charge in [-0.15, -0.1) is 0 Å². The van der Waals surface area contributed by atoms with Gasteiger partial charge in [-0.05, 0) is 19.9 Å². The third-order valence-electron chi connectivity index (χ3n) is 3.82. The lowest BCUT2D eigenvalue weighted by molar-refractivity contribution is 0.0819. The summed E-state index contributed by atoms with van der Waals surface area (Å²) >= 11 is 0. The van der Waals surface area contributed by atoms with Gasteiger partial charge < -0.3 is 20.1 Å². The molecule has 21 heavy (non-hydrogen) atoms. The molecule has 1 atom stereocenters. The molecule has 0 aliphatic carbocycles. The number of hydrogen-bond acceptors (Lipinski definition) is 6. The number of nitrogens with one attached hydrogen (secondary N) is 1. The number of hydrogen-bond donors (Lipinski definition) is 2. The summed E-state index contributed by atoms with van der Waals surface area (Å²) in [6.45, 7) is 2.37. The van der Waals surface area contributed by atoms with Crippen molar-refractivity contribution in [3.63, 3.8) is 0 Å². The highest BCUT2D eigenvalue weighted by Crippen LogP contribution is 2.18. The number of ether oxygens (including phenoxy) is 1. The minimum absolute atomic E-state index is 0.184. The van der Waals surface area contributed by atoms with E-state index in [1.807, 2.05) is 0 Å². The second kappa shape index (κ2) is 7.53. The molecule has 7 heteroatoms. The second-order valence-electron chi connectivity index (χ2n) is 5.37. The Morgan fingerprint density at radius 3 is 2.81 bits per heavy atom. The Morgan fingerprint density at radius 2 is 2.24 bits per heavy atom. The van der Waals surface area contributed by atoms with E-state index in [-0.39, 0.29) is 12.1 Å². The fraction of sp³-hybridized carbons (Fsp3) is 0.714. The summed E-state index contributed by atoms with van der Waals surface area (Å²) in [4.78, 5) is 14.2. The zero-order chi connectivity index (χ0) is 15.2. The van der Waals surface area contributed by atoms with E-state index in [0.29, 0.717) is 12.6 Å². The van der Waals surface area contributed by atoms with Crippen molar-refractivity contribution in [2.24, 2.45) is 0 Å². The van der Waals surface area contributed by atoms with Gasteiger partial charge in [0.15, 0.2) is 0 Å². The van der Waals surface area contributed by atoms with Crippen molar-refractivity contribution in [2.45, 2.75) is 31.6 Å². The molecule has 7 nitrogen and oxygen atoms in total. The van der Waals surface area contributed by atoms with Gasteiger partial charge in [0.2, 0.25) is 0 Å². The topological polar surface area (TPSA) is 79.6 Å². The van der Waals surface area contributed by atoms with E-state index < -0.39 is 6.10 Å². The SMILES string of the molecule is CNCC(O)Cn1ncc(N2CCC(OC)CC2)cc1=O. The third-order valence-corrected chi connectivity index (χ3v) is 3.82. The van der Waals surface area contributed by atoms with Crippen molar-refractivity contribution in [3.05, 3.63) is 22.6 Å². The van der Waals surface area contributed by atoms with Crippen LogP contribution in [0.2, 0.25) is 0 Å². The highest BCUT2D eigenvalue weighted by molar-refractivity contribution is 5.43. The Kier molecular flexibility index (Phi) is 5.72. The Bertz CT molecular complexity index is 497. The molecular formula is C14H24N4O3. The minimum Gasteiger partial charge on any atom is -0.390 e. The van der Waals surface area contributed by atoms with Crippen molar-refractivity contribution < 1.29 is 9.84 Å². The molecule has 1 aliphatic heterocycles. The van der Waals surface area contributed by atoms with Crippen molar-refractivity contribution in [1.29, 1.82) is 0 Å². The van der Waals surface area contributed by atoms with Gasteiger partial charge in [-0.3, -0.25) is 4.79 Å². The molecule has 0 saturated carbocycles. The van der Waals surface area contributed by atoms with Crippen molar-refractivity contribution in [3.8, 4) is 0 Å². The van der Waals surface area contributed by atoms with Crippen LogP contribution in [0.3, 0.4) is 0 Å². The lowest BCUT2D eigenvalue weighted by Crippen LogP contribution is -2.38. The summed E-state index contributed by atoms with van der Waals surface area (Å²) < 4.78 is 6.64. The highest BCUT2D eigenvalue weighted by Gasteiger charge is 2.19. The van der Waals surface area contributed by atoms with Gasteiger partial charge in [-0.2, -0.15) is 5.10 Å². The predicted octanol–water partition coefficient (Wildman–Crippen LogP) is -0.561. The summed E-state index contributed by atoms with van der Waals surface area (Å²) in [5.74, 6) is 0. The molecule has 1 unspecified atom stereocenters. The average molecular weight is 296 g/mol. The molecule has 0 bridgehead atoms. The van der Waals surface area contributed by atoms with Crippen LogP contribution in [-0.4, -0.2) is 60.9 Å². The Balaban J connectivity index is 2.00. The molecule has 1 aromatic rings. The van der Waals surface area contributed by atoms with E-state index in [1.165, 1.54) is 4.68 Å². The maximum atomic E-state index is 12.1. The van der Waals surface area contributed by atoms with E-state index in [1.54, 1.807) is 26.4 Å². The third kappa shape index (κ3) is 4.26. The van der Waals surface area contributed by atoms with Crippen molar-refractivity contribution in [2.75, 3.05) is 38.7 Å². The molecule has 0 amide bonds. The molecule has 1 saturated heterocycles. The van der Waals surface area contributed by atoms with Crippen molar-refractivity contribution in [1.82, 2.24) is 15.1 Å². The van der Waals surface area contributed by atoms with Gasteiger partial charge in [0.25, 0.3) is 5.56 Å². The zero-order valence-corrected chi connectivity index (χ0v) is 12.7. The van der Waals surface area contributed by atoms with Crippen molar-refractivity contribution >= 4 is 5.69 Å². The van der Waals surface area contributed by atoms with Crippen LogP contribution in [0.1, 0.15) is 12.8 Å². The highest BCUT2D eigenvalue weighted by atomic mass is 16.5. The largest absolute Gasteiger partial charge is 0.390 e. The molecule has 0 aromatic carbocycles. The number of likely N-dealkylation sites (N-methyl/N-ethyl adjacent to an activating group) is 1. The van der Waals surface area contributed by atoms with Crippen LogP contribution >= 0.6 is 0 Å². The molecule has 2 rings (SSSR count). The number of rotatable bonds is 6. The van der Waals surface area contributed by atoms with Gasteiger partial charge in [-0.1, -0.05) is 0 Å². The predicted molar refractivity (Wildman–Crippen MR) is 80.7 cm³/mol. The van der Waals surface area contributed by atoms with E-state index >= 15 is 0 Å². The molecular weight excluding hydrogens is 272 g/mol. The number of piperidine rings is 1. The quantitative estimate of drug-likeness (QED) is 0.732. The Morgan fingerprint density at radius 1 is 1.52 bits per heavy atom. The van der Waals surface area contributed by atoms with E-state index in [9.17, 15) is 9.90 Å². The minimum atomic E-state index is -0.622. The summed E-state index contributed by atoms with van der Waals surface area (Å²) in [6, 6.07) is 1.59. The smallest absolute Gasteiger partial charge is 0.268 e. The first-order valence-electron chi connectivity index (χ1n) is 7.31. The van der Waals surface area contributed by atoms with Crippen LogP contribution in [0.25, 0.3) is 0 Å². The number of nitrogens with zero attached hydrogens (tertiary/aromatic N) is 3. The maximum Gasteiger partial charge on any atom is 0.268 e. The lowest BCUT2D eigenvalue weighted by atomic mass is 10.1. The maximum absolute atomic E-state index is 12.1. The first-order valence-corrected chi connectivity index (χ1v) is 7.31. The normalized spacial score (nSPS) is 18.0. The molecule has 0 radical (unpaired) electrons. The fourth-order valence-electron chi connectivity index (χ4n) is 2.58. The van der Waals surface area contributed by atoms with Crippen LogP contribution in [-0.2, 0) is 11.3 Å². The summed E-state index contributed by atoms with van der Waals surface area (Å²) in [5.41, 5.74) is 0.658. The first-order chi connectivity index (χ1) is 10.1. The molecule has 1 aromatic heterocycles. The molecule has 1 fully saturated rings. The number of aliphatic hydroxyl groups excluding tert-OH is 1. The van der Waals surface area contributed by atoms with Crippen LogP contribution in [0, 0.1) is 0 Å². The summed E-state index contributed by atoms with van der Waals surface area (Å²) in [6.07, 6.45) is 3.30. The van der Waals surface area contributed by atoms with Gasteiger partial charge >= 0.3 is 0 Å². The van der Waals surface area contributed by atoms with Crippen LogP contribution in [0.5, 0.6) is 0 Å². The van der Waals surface area contributed by atoms with Crippen LogP contribution in [0.4, 0.5) is 5.69 Å². The average Bonchev–Trinajstić information content (AvgIpc) is 2.50. The van der Waals surface area contributed by atoms with Crippen LogP contribution in [0.15, 0.2) is 17.1 Å². The number of aliphatic hydroxyl groups is 1. The van der Waals surface area contributed by atoms with E-state index in [2.05, 4.69) is 15.3 Å². The molecule has 0 spiro atoms. The molecule has 2 N–H and O–H groups in total. The van der Waals surface area contributed by atoms with Gasteiger partial charge in [0, 0.05) is 32.8 Å². The van der Waals surface area contributed by atoms with Gasteiger partial charge in [-0.25, -0.2) is 4.68 Å². The Labute approximate surface area is 124 Å². The molecule has 118 valence electrons. The monoisotopic (exact) mass is 296 g/mol. The summed E-state index contributed by atoms with van der Waals surface area (Å²) in [5, 5.41) is 16.7. The Hall–Kier alpha value is -1.44.